The van der Waals surface area contributed by atoms with Crippen molar-refractivity contribution in [3.05, 3.63) is 52.6 Å². The molecule has 0 bridgehead atoms. The highest BCUT2D eigenvalue weighted by molar-refractivity contribution is 6.60. The van der Waals surface area contributed by atoms with Crippen LogP contribution in [0.2, 0.25) is 0 Å². The second-order valence-corrected chi connectivity index (χ2v) is 4.27. The Morgan fingerprint density at radius 3 is 1.61 bits per heavy atom. The van der Waals surface area contributed by atoms with E-state index < -0.39 is 70.2 Å². The summed E-state index contributed by atoms with van der Waals surface area (Å²) in [4.78, 5) is 0. The fraction of sp³-hybridized carbons (Fsp3) is 0. The Labute approximate surface area is 122 Å². The van der Waals surface area contributed by atoms with Crippen molar-refractivity contribution in [1.29, 1.82) is 0 Å². The quantitative estimate of drug-likeness (QED) is 0.380. The monoisotopic (exact) mass is 342 g/mol. The van der Waals surface area contributed by atoms with Crippen LogP contribution in [0.15, 0.2) is 6.07 Å². The third kappa shape index (κ3) is 2.55. The first-order valence-corrected chi connectivity index (χ1v) is 5.64. The molecule has 0 aliphatic rings. The molecule has 0 amide bonds. The van der Waals surface area contributed by atoms with Gasteiger partial charge in [0.1, 0.15) is 0 Å². The fourth-order valence-electron chi connectivity index (χ4n) is 1.91. The zero-order valence-electron chi connectivity index (χ0n) is 10.6. The maximum atomic E-state index is 13.8. The molecule has 0 atom stereocenters. The Morgan fingerprint density at radius 2 is 1.09 bits per heavy atom. The van der Waals surface area contributed by atoms with Gasteiger partial charge in [-0.05, 0) is 6.07 Å². The molecule has 2 N–H and O–H groups in total. The van der Waals surface area contributed by atoms with E-state index in [1.807, 2.05) is 0 Å². The number of benzene rings is 2. The first kappa shape index (κ1) is 17.2. The topological polar surface area (TPSA) is 40.5 Å². The van der Waals surface area contributed by atoms with Gasteiger partial charge in [0.05, 0.1) is 0 Å². The van der Waals surface area contributed by atoms with Crippen LogP contribution in [0.4, 0.5) is 35.1 Å². The van der Waals surface area contributed by atoms with Gasteiger partial charge in [-0.15, -0.1) is 0 Å². The minimum absolute atomic E-state index is 0.172. The molecule has 0 aliphatic heterocycles. The van der Waals surface area contributed by atoms with Crippen LogP contribution >= 0.6 is 0 Å². The largest absolute Gasteiger partial charge is 0.492 e. The summed E-state index contributed by atoms with van der Waals surface area (Å²) in [5, 5.41) is 17.9. The lowest BCUT2D eigenvalue weighted by Gasteiger charge is -2.14. The van der Waals surface area contributed by atoms with Gasteiger partial charge in [-0.1, -0.05) is 0 Å². The summed E-state index contributed by atoms with van der Waals surface area (Å²) in [6, 6.07) is -0.172. The van der Waals surface area contributed by atoms with Crippen LogP contribution in [0.5, 0.6) is 0 Å². The molecule has 0 unspecified atom stereocenters. The number of hydrogen-bond acceptors (Lipinski definition) is 2. The first-order chi connectivity index (χ1) is 10.6. The van der Waals surface area contributed by atoms with Crippen molar-refractivity contribution >= 4 is 12.6 Å². The number of rotatable bonds is 2. The van der Waals surface area contributed by atoms with Crippen molar-refractivity contribution in [1.82, 2.24) is 0 Å². The van der Waals surface area contributed by atoms with E-state index in [0.29, 0.717) is 0 Å². The van der Waals surface area contributed by atoms with Gasteiger partial charge in [0.2, 0.25) is 0 Å². The van der Waals surface area contributed by atoms with Gasteiger partial charge in [0.25, 0.3) is 0 Å². The van der Waals surface area contributed by atoms with Gasteiger partial charge < -0.3 is 10.0 Å². The lowest BCUT2D eigenvalue weighted by Crippen LogP contribution is -2.37. The molecule has 2 aromatic rings. The molecular formula is C12H3BF8O2. The van der Waals surface area contributed by atoms with Gasteiger partial charge in [0, 0.05) is 16.6 Å². The molecule has 2 aromatic carbocycles. The molecule has 0 heterocycles. The van der Waals surface area contributed by atoms with Crippen molar-refractivity contribution in [2.45, 2.75) is 0 Å². The van der Waals surface area contributed by atoms with Gasteiger partial charge in [-0.25, -0.2) is 35.1 Å². The second-order valence-electron chi connectivity index (χ2n) is 4.27. The van der Waals surface area contributed by atoms with E-state index in [1.165, 1.54) is 0 Å². The molecular weight excluding hydrogens is 339 g/mol. The predicted octanol–water partition coefficient (Wildman–Crippen LogP) is 2.15. The van der Waals surface area contributed by atoms with Crippen LogP contribution in [0, 0.1) is 46.5 Å². The smallest absolute Gasteiger partial charge is 0.423 e. The molecule has 2 nitrogen and oxygen atoms in total. The molecule has 0 saturated heterocycles. The summed E-state index contributed by atoms with van der Waals surface area (Å²) < 4.78 is 107. The predicted molar refractivity (Wildman–Crippen MR) is 61.4 cm³/mol. The lowest BCUT2D eigenvalue weighted by atomic mass is 9.74. The van der Waals surface area contributed by atoms with E-state index in [4.69, 9.17) is 10.0 Å². The molecule has 0 aromatic heterocycles. The summed E-state index contributed by atoms with van der Waals surface area (Å²) in [5.41, 5.74) is -4.99. The number of halogens is 8. The van der Waals surface area contributed by atoms with E-state index >= 15 is 0 Å². The standard InChI is InChI=1S/C12H3BF8O2/c14-3-1-2(6(15)10(19)7(3)16)4-5(13(22)23)9(18)12(21)11(20)8(4)17/h1,22-23H. The van der Waals surface area contributed by atoms with Crippen molar-refractivity contribution in [3.8, 4) is 11.1 Å². The van der Waals surface area contributed by atoms with Gasteiger partial charge >= 0.3 is 7.12 Å². The summed E-state index contributed by atoms with van der Waals surface area (Å²) >= 11 is 0. The molecule has 0 fully saturated rings. The van der Waals surface area contributed by atoms with Crippen molar-refractivity contribution in [2.24, 2.45) is 0 Å². The van der Waals surface area contributed by atoms with Gasteiger partial charge in [-0.3, -0.25) is 0 Å². The molecule has 2 rings (SSSR count). The van der Waals surface area contributed by atoms with Gasteiger partial charge in [0.15, 0.2) is 46.5 Å². The minimum Gasteiger partial charge on any atom is -0.423 e. The Hall–Kier alpha value is -2.14. The molecule has 23 heavy (non-hydrogen) atoms. The van der Waals surface area contributed by atoms with E-state index in [2.05, 4.69) is 0 Å². The Morgan fingerprint density at radius 1 is 0.609 bits per heavy atom. The summed E-state index contributed by atoms with van der Waals surface area (Å²) in [6.07, 6.45) is 0. The van der Waals surface area contributed by atoms with E-state index in [9.17, 15) is 35.1 Å². The normalized spacial score (nSPS) is 11.0. The number of hydrogen-bond donors (Lipinski definition) is 2. The van der Waals surface area contributed by atoms with Crippen LogP contribution in [-0.4, -0.2) is 17.2 Å². The average molecular weight is 342 g/mol. The molecule has 0 saturated carbocycles. The molecule has 122 valence electrons. The van der Waals surface area contributed by atoms with E-state index in [1.54, 1.807) is 0 Å². The van der Waals surface area contributed by atoms with Gasteiger partial charge in [-0.2, -0.15) is 0 Å². The minimum atomic E-state index is -3.00. The Bertz CT molecular complexity index is 809. The van der Waals surface area contributed by atoms with E-state index in [0.717, 1.165) is 0 Å². The summed E-state index contributed by atoms with van der Waals surface area (Å²) in [5.74, 6) is -18.7. The SMILES string of the molecule is OB(O)c1c(F)c(F)c(F)c(F)c1-c1cc(F)c(F)c(F)c1F. The fourth-order valence-corrected chi connectivity index (χ4v) is 1.91. The third-order valence-electron chi connectivity index (χ3n) is 2.93. The Balaban J connectivity index is 3.00. The third-order valence-corrected chi connectivity index (χ3v) is 2.93. The maximum absolute atomic E-state index is 13.8. The molecule has 0 aliphatic carbocycles. The average Bonchev–Trinajstić information content (AvgIpc) is 2.50. The van der Waals surface area contributed by atoms with Crippen molar-refractivity contribution < 1.29 is 45.2 Å². The maximum Gasteiger partial charge on any atom is 0.492 e. The zero-order valence-corrected chi connectivity index (χ0v) is 10.6. The highest BCUT2D eigenvalue weighted by Gasteiger charge is 2.34. The molecule has 0 spiro atoms. The highest BCUT2D eigenvalue weighted by atomic mass is 19.2. The zero-order chi connectivity index (χ0) is 17.6. The van der Waals surface area contributed by atoms with Crippen molar-refractivity contribution in [3.63, 3.8) is 0 Å². The lowest BCUT2D eigenvalue weighted by molar-refractivity contribution is 0.397. The van der Waals surface area contributed by atoms with Crippen LogP contribution in [0.3, 0.4) is 0 Å². The Kier molecular flexibility index (Phi) is 4.35. The molecule has 11 heteroatoms. The van der Waals surface area contributed by atoms with Crippen LogP contribution < -0.4 is 5.46 Å². The van der Waals surface area contributed by atoms with Crippen LogP contribution in [-0.2, 0) is 0 Å². The summed E-state index contributed by atoms with van der Waals surface area (Å²) in [7, 11) is -3.00. The molecule has 0 radical (unpaired) electrons. The highest BCUT2D eigenvalue weighted by Crippen LogP contribution is 2.31. The van der Waals surface area contributed by atoms with Crippen LogP contribution in [0.25, 0.3) is 11.1 Å². The van der Waals surface area contributed by atoms with Crippen LogP contribution in [0.1, 0.15) is 0 Å². The van der Waals surface area contributed by atoms with E-state index in [-0.39, 0.29) is 6.07 Å². The second kappa shape index (κ2) is 5.82. The first-order valence-electron chi connectivity index (χ1n) is 5.64. The van der Waals surface area contributed by atoms with Crippen molar-refractivity contribution in [2.75, 3.05) is 0 Å². The summed E-state index contributed by atoms with van der Waals surface area (Å²) in [6.45, 7) is 0.